The summed E-state index contributed by atoms with van der Waals surface area (Å²) in [6.07, 6.45) is 1.80. The number of nitrogens with one attached hydrogen (secondary N) is 2. The highest BCUT2D eigenvalue weighted by molar-refractivity contribution is 5.26. The first-order valence-electron chi connectivity index (χ1n) is 4.93. The molecule has 0 atom stereocenters. The molecule has 0 bridgehead atoms. The highest BCUT2D eigenvalue weighted by Crippen LogP contribution is 2.10. The summed E-state index contributed by atoms with van der Waals surface area (Å²) in [5, 5.41) is 3.20. The molecule has 0 radical (unpaired) electrons. The van der Waals surface area contributed by atoms with Crippen molar-refractivity contribution in [3.63, 3.8) is 0 Å². The molecule has 14 heavy (non-hydrogen) atoms. The number of aryl methyl sites for hydroxylation is 1. The van der Waals surface area contributed by atoms with Gasteiger partial charge in [0.05, 0.1) is 5.60 Å². The molecule has 0 saturated heterocycles. The number of aromatic nitrogens is 2. The van der Waals surface area contributed by atoms with Crippen LogP contribution in [0.25, 0.3) is 0 Å². The van der Waals surface area contributed by atoms with Crippen molar-refractivity contribution in [2.75, 3.05) is 18.5 Å². The lowest BCUT2D eigenvalue weighted by Gasteiger charge is -2.24. The molecule has 0 aliphatic rings. The van der Waals surface area contributed by atoms with Crippen LogP contribution in [0.1, 0.15) is 26.5 Å². The van der Waals surface area contributed by atoms with E-state index >= 15 is 0 Å². The Morgan fingerprint density at radius 1 is 1.57 bits per heavy atom. The Balaban J connectivity index is 2.40. The van der Waals surface area contributed by atoms with Crippen LogP contribution in [-0.4, -0.2) is 28.7 Å². The number of H-pyrrole nitrogens is 1. The molecule has 1 aromatic rings. The quantitative estimate of drug-likeness (QED) is 0.758. The molecule has 4 nitrogen and oxygen atoms in total. The van der Waals surface area contributed by atoms with Gasteiger partial charge in [-0.1, -0.05) is 0 Å². The third kappa shape index (κ3) is 3.38. The lowest BCUT2D eigenvalue weighted by molar-refractivity contribution is 0.000592. The molecule has 0 spiro atoms. The van der Waals surface area contributed by atoms with Gasteiger partial charge >= 0.3 is 0 Å². The summed E-state index contributed by atoms with van der Waals surface area (Å²) in [5.41, 5.74) is 0.900. The molecule has 2 N–H and O–H groups in total. The van der Waals surface area contributed by atoms with Crippen LogP contribution in [-0.2, 0) is 4.74 Å². The maximum absolute atomic E-state index is 5.55. The Morgan fingerprint density at radius 3 is 2.79 bits per heavy atom. The minimum Gasteiger partial charge on any atom is -0.374 e. The normalized spacial score (nSPS) is 11.7. The number of imidazole rings is 1. The highest BCUT2D eigenvalue weighted by atomic mass is 16.5. The van der Waals surface area contributed by atoms with Crippen LogP contribution in [0, 0.1) is 6.92 Å². The molecule has 0 amide bonds. The summed E-state index contributed by atoms with van der Waals surface area (Å²) < 4.78 is 5.55. The molecule has 1 heterocycles. The van der Waals surface area contributed by atoms with Crippen LogP contribution in [0.2, 0.25) is 0 Å². The Morgan fingerprint density at radius 2 is 2.29 bits per heavy atom. The van der Waals surface area contributed by atoms with E-state index in [1.165, 1.54) is 0 Å². The maximum Gasteiger partial charge on any atom is 0.200 e. The van der Waals surface area contributed by atoms with Crippen molar-refractivity contribution in [3.05, 3.63) is 11.9 Å². The number of rotatable bonds is 5. The fourth-order valence-corrected chi connectivity index (χ4v) is 1.24. The molecule has 0 unspecified atom stereocenters. The van der Waals surface area contributed by atoms with Crippen molar-refractivity contribution in [2.24, 2.45) is 0 Å². The summed E-state index contributed by atoms with van der Waals surface area (Å²) in [7, 11) is 0. The molecule has 0 aliphatic heterocycles. The van der Waals surface area contributed by atoms with Gasteiger partial charge in [0.2, 0.25) is 0 Å². The van der Waals surface area contributed by atoms with Gasteiger partial charge in [-0.05, 0) is 27.7 Å². The van der Waals surface area contributed by atoms with E-state index in [-0.39, 0.29) is 5.60 Å². The topological polar surface area (TPSA) is 49.9 Å². The monoisotopic (exact) mass is 197 g/mol. The summed E-state index contributed by atoms with van der Waals surface area (Å²) in [6, 6.07) is 0. The van der Waals surface area contributed by atoms with E-state index in [1.807, 2.05) is 13.8 Å². The van der Waals surface area contributed by atoms with E-state index < -0.39 is 0 Å². The van der Waals surface area contributed by atoms with Crippen LogP contribution >= 0.6 is 0 Å². The van der Waals surface area contributed by atoms with Gasteiger partial charge in [-0.3, -0.25) is 0 Å². The van der Waals surface area contributed by atoms with Gasteiger partial charge in [0, 0.05) is 25.0 Å². The molecule has 0 aliphatic carbocycles. The third-order valence-corrected chi connectivity index (χ3v) is 1.92. The standard InChI is InChI=1S/C10H19N3O/c1-5-14-10(3,4)7-12-9-11-6-8(2)13-9/h6H,5,7H2,1-4H3,(H2,11,12,13). The largest absolute Gasteiger partial charge is 0.374 e. The first kappa shape index (κ1) is 11.0. The average molecular weight is 197 g/mol. The van der Waals surface area contributed by atoms with E-state index in [4.69, 9.17) is 4.74 Å². The molecule has 80 valence electrons. The van der Waals surface area contributed by atoms with Crippen molar-refractivity contribution in [2.45, 2.75) is 33.3 Å². The summed E-state index contributed by atoms with van der Waals surface area (Å²) >= 11 is 0. The Bertz CT molecular complexity index is 281. The lowest BCUT2D eigenvalue weighted by atomic mass is 10.1. The Labute approximate surface area is 85.1 Å². The zero-order valence-electron chi connectivity index (χ0n) is 9.35. The molecule has 1 rings (SSSR count). The first-order chi connectivity index (χ1) is 6.53. The second kappa shape index (κ2) is 4.46. The highest BCUT2D eigenvalue weighted by Gasteiger charge is 2.17. The van der Waals surface area contributed by atoms with Crippen LogP contribution in [0.5, 0.6) is 0 Å². The molecular formula is C10H19N3O. The Hall–Kier alpha value is -1.03. The fourth-order valence-electron chi connectivity index (χ4n) is 1.24. The summed E-state index contributed by atoms with van der Waals surface area (Å²) in [6.45, 7) is 9.56. The van der Waals surface area contributed by atoms with Crippen LogP contribution in [0.3, 0.4) is 0 Å². The van der Waals surface area contributed by atoms with Gasteiger partial charge in [0.25, 0.3) is 0 Å². The van der Waals surface area contributed by atoms with Crippen LogP contribution in [0.15, 0.2) is 6.20 Å². The average Bonchev–Trinajstić information content (AvgIpc) is 2.48. The first-order valence-corrected chi connectivity index (χ1v) is 4.93. The van der Waals surface area contributed by atoms with Gasteiger partial charge < -0.3 is 15.0 Å². The van der Waals surface area contributed by atoms with Gasteiger partial charge in [-0.15, -0.1) is 0 Å². The van der Waals surface area contributed by atoms with Gasteiger partial charge in [0.1, 0.15) is 0 Å². The second-order valence-electron chi connectivity index (χ2n) is 3.96. The van der Waals surface area contributed by atoms with Crippen molar-refractivity contribution in [1.82, 2.24) is 9.97 Å². The molecule has 0 fully saturated rings. The second-order valence-corrected chi connectivity index (χ2v) is 3.96. The van der Waals surface area contributed by atoms with E-state index in [2.05, 4.69) is 29.1 Å². The number of aromatic amines is 1. The summed E-state index contributed by atoms with van der Waals surface area (Å²) in [4.78, 5) is 7.27. The fraction of sp³-hybridized carbons (Fsp3) is 0.700. The molecule has 0 aromatic carbocycles. The molecule has 1 aromatic heterocycles. The van der Waals surface area contributed by atoms with E-state index in [0.29, 0.717) is 0 Å². The minimum absolute atomic E-state index is 0.157. The van der Waals surface area contributed by atoms with Crippen molar-refractivity contribution in [3.8, 4) is 0 Å². The zero-order valence-corrected chi connectivity index (χ0v) is 9.35. The molecular weight excluding hydrogens is 178 g/mol. The van der Waals surface area contributed by atoms with E-state index in [0.717, 1.165) is 24.8 Å². The summed E-state index contributed by atoms with van der Waals surface area (Å²) in [5.74, 6) is 0.801. The van der Waals surface area contributed by atoms with Gasteiger partial charge in [0.15, 0.2) is 5.95 Å². The van der Waals surface area contributed by atoms with Crippen molar-refractivity contribution >= 4 is 5.95 Å². The number of anilines is 1. The Kier molecular flexibility index (Phi) is 3.52. The predicted molar refractivity (Wildman–Crippen MR) is 57.5 cm³/mol. The number of nitrogens with zero attached hydrogens (tertiary/aromatic N) is 1. The smallest absolute Gasteiger partial charge is 0.200 e. The zero-order chi connectivity index (χ0) is 10.6. The van der Waals surface area contributed by atoms with Gasteiger partial charge in [-0.25, -0.2) is 4.98 Å². The number of ether oxygens (including phenoxy) is 1. The third-order valence-electron chi connectivity index (χ3n) is 1.92. The SMILES string of the molecule is CCOC(C)(C)CNc1ncc(C)[nH]1. The predicted octanol–water partition coefficient (Wildman–Crippen LogP) is 1.95. The van der Waals surface area contributed by atoms with Crippen LogP contribution in [0.4, 0.5) is 5.95 Å². The van der Waals surface area contributed by atoms with Crippen LogP contribution < -0.4 is 5.32 Å². The molecule has 0 saturated carbocycles. The number of hydrogen-bond acceptors (Lipinski definition) is 3. The maximum atomic E-state index is 5.55. The van der Waals surface area contributed by atoms with E-state index in [9.17, 15) is 0 Å². The minimum atomic E-state index is -0.157. The van der Waals surface area contributed by atoms with Crippen molar-refractivity contribution in [1.29, 1.82) is 0 Å². The van der Waals surface area contributed by atoms with Crippen molar-refractivity contribution < 1.29 is 4.74 Å². The number of hydrogen-bond donors (Lipinski definition) is 2. The van der Waals surface area contributed by atoms with E-state index in [1.54, 1.807) is 6.20 Å². The van der Waals surface area contributed by atoms with Gasteiger partial charge in [-0.2, -0.15) is 0 Å². The lowest BCUT2D eigenvalue weighted by Crippen LogP contribution is -2.33. The molecule has 4 heteroatoms.